The van der Waals surface area contributed by atoms with Crippen LogP contribution in [0.5, 0.6) is 0 Å². The van der Waals surface area contributed by atoms with Gasteiger partial charge in [-0.15, -0.1) is 0 Å². The Morgan fingerprint density at radius 2 is 1.17 bits per heavy atom. The standard InChI is InChI=1S/CH2O.3ClH.Ru/c1-2;;;;/h1H2;3*1H;/q;;;;+3/p-3. The van der Waals surface area contributed by atoms with E-state index in [1.807, 2.05) is 6.79 Å². The maximum atomic E-state index is 8.00. The normalized spacial score (nSPS) is 8.17. The van der Waals surface area contributed by atoms with Gasteiger partial charge in [0.2, 0.25) is 0 Å². The molecule has 0 rings (SSSR count). The predicted octanol–water partition coefficient (Wildman–Crippen LogP) is 1.88. The molecule has 0 aliphatic heterocycles. The van der Waals surface area contributed by atoms with Gasteiger partial charge in [0.1, 0.15) is 6.79 Å². The summed E-state index contributed by atoms with van der Waals surface area (Å²) in [4.78, 5) is 8.00. The van der Waals surface area contributed by atoms with Crippen LogP contribution in [-0.4, -0.2) is 6.79 Å². The molecule has 6 heavy (non-hydrogen) atoms. The second kappa shape index (κ2) is 9.48. The van der Waals surface area contributed by atoms with Crippen molar-refractivity contribution in [3.8, 4) is 0 Å². The molecule has 0 fully saturated rings. The number of carbonyl (C=O) groups excluding carboxylic acids is 1. The second-order valence-electron chi connectivity index (χ2n) is 0.152. The molecular formula is CH2Cl3ORu. The molecule has 5 heteroatoms. The van der Waals surface area contributed by atoms with Crippen LogP contribution >= 0.6 is 29.1 Å². The number of hydrogen-bond donors (Lipinski definition) is 0. The van der Waals surface area contributed by atoms with Gasteiger partial charge in [-0.05, 0) is 0 Å². The van der Waals surface area contributed by atoms with Gasteiger partial charge >= 0.3 is 42.1 Å². The first kappa shape index (κ1) is 10.2. The topological polar surface area (TPSA) is 17.1 Å². The van der Waals surface area contributed by atoms with Crippen LogP contribution in [0.2, 0.25) is 0 Å². The van der Waals surface area contributed by atoms with Crippen LogP contribution < -0.4 is 0 Å². The molecule has 0 aliphatic carbocycles. The van der Waals surface area contributed by atoms with Crippen LogP contribution in [0.4, 0.5) is 0 Å². The molecule has 0 aromatic carbocycles. The second-order valence-corrected chi connectivity index (χ2v) is 8.07. The molecule has 0 saturated heterocycles. The molecule has 0 spiro atoms. The van der Waals surface area contributed by atoms with E-state index in [0.29, 0.717) is 0 Å². The first-order valence-corrected chi connectivity index (χ1v) is 7.40. The van der Waals surface area contributed by atoms with E-state index in [4.69, 9.17) is 33.9 Å². The van der Waals surface area contributed by atoms with Crippen molar-refractivity contribution in [1.29, 1.82) is 0 Å². The van der Waals surface area contributed by atoms with Gasteiger partial charge in [0.25, 0.3) is 0 Å². The van der Waals surface area contributed by atoms with E-state index in [1.54, 1.807) is 0 Å². The summed E-state index contributed by atoms with van der Waals surface area (Å²) in [7, 11) is 14.8. The molecule has 0 unspecified atom stereocenters. The molecule has 0 N–H and O–H groups in total. The van der Waals surface area contributed by atoms with Crippen LogP contribution in [0.3, 0.4) is 0 Å². The average molecular weight is 237 g/mol. The van der Waals surface area contributed by atoms with Crippen LogP contribution in [0.1, 0.15) is 0 Å². The molecule has 0 aliphatic rings. The Hall–Kier alpha value is 1.16. The zero-order valence-corrected chi connectivity index (χ0v) is 6.61. The molecule has 0 saturated carbocycles. The molecule has 0 aromatic heterocycles. The Labute approximate surface area is 53.6 Å². The summed E-state index contributed by atoms with van der Waals surface area (Å²) in [5.41, 5.74) is 0. The Balaban J connectivity index is 0. The molecule has 0 aromatic rings. The fourth-order valence-corrected chi connectivity index (χ4v) is 0. The van der Waals surface area contributed by atoms with Gasteiger partial charge < -0.3 is 4.79 Å². The van der Waals surface area contributed by atoms with Crippen molar-refractivity contribution in [3.63, 3.8) is 0 Å². The summed E-state index contributed by atoms with van der Waals surface area (Å²) in [6, 6.07) is 0. The Morgan fingerprint density at radius 1 is 1.17 bits per heavy atom. The van der Waals surface area contributed by atoms with Crippen molar-refractivity contribution in [2.24, 2.45) is 0 Å². The van der Waals surface area contributed by atoms with Gasteiger partial charge in [-0.3, -0.25) is 0 Å². The summed E-state index contributed by atoms with van der Waals surface area (Å²) < 4.78 is 0. The van der Waals surface area contributed by atoms with E-state index >= 15 is 0 Å². The predicted molar refractivity (Wildman–Crippen MR) is 24.7 cm³/mol. The Bertz CT molecular complexity index is 22.0. The first-order chi connectivity index (χ1) is 2.73. The molecule has 1 nitrogen and oxygen atoms in total. The van der Waals surface area contributed by atoms with Crippen molar-refractivity contribution < 1.29 is 17.8 Å². The third-order valence-corrected chi connectivity index (χ3v) is 0. The van der Waals surface area contributed by atoms with Gasteiger partial charge in [-0.2, -0.15) is 0 Å². The zero-order chi connectivity index (χ0) is 5.58. The van der Waals surface area contributed by atoms with E-state index in [2.05, 4.69) is 0 Å². The van der Waals surface area contributed by atoms with Crippen molar-refractivity contribution in [3.05, 3.63) is 0 Å². The van der Waals surface area contributed by atoms with E-state index in [9.17, 15) is 0 Å². The molecule has 41 valence electrons. The van der Waals surface area contributed by atoms with Crippen molar-refractivity contribution in [2.75, 3.05) is 0 Å². The molecular weight excluding hydrogens is 235 g/mol. The van der Waals surface area contributed by atoms with E-state index in [-0.39, 0.29) is 0 Å². The third-order valence-electron chi connectivity index (χ3n) is 0. The molecule has 0 amide bonds. The average Bonchev–Trinajstić information content (AvgIpc) is 1.41. The monoisotopic (exact) mass is 237 g/mol. The van der Waals surface area contributed by atoms with Gasteiger partial charge in [-0.1, -0.05) is 0 Å². The fraction of sp³-hybridized carbons (Fsp3) is 0. The summed E-state index contributed by atoms with van der Waals surface area (Å²) >= 11 is -1.75. The van der Waals surface area contributed by atoms with Crippen molar-refractivity contribution >= 4 is 35.9 Å². The van der Waals surface area contributed by atoms with Crippen LogP contribution in [0.15, 0.2) is 0 Å². The minimum atomic E-state index is -1.75. The zero-order valence-electron chi connectivity index (χ0n) is 2.60. The van der Waals surface area contributed by atoms with Gasteiger partial charge in [0.15, 0.2) is 0 Å². The van der Waals surface area contributed by atoms with E-state index < -0.39 is 13.0 Å². The number of hydrogen-bond acceptors (Lipinski definition) is 1. The van der Waals surface area contributed by atoms with Crippen LogP contribution in [0.25, 0.3) is 0 Å². The SMILES string of the molecule is C=O.[Cl][Ru]([Cl])[Cl]. The summed E-state index contributed by atoms with van der Waals surface area (Å²) in [6.45, 7) is 2.00. The number of rotatable bonds is 0. The first-order valence-electron chi connectivity index (χ1n) is 0.690. The summed E-state index contributed by atoms with van der Waals surface area (Å²) in [5.74, 6) is 0. The van der Waals surface area contributed by atoms with Gasteiger partial charge in [-0.25, -0.2) is 0 Å². The van der Waals surface area contributed by atoms with Crippen molar-refractivity contribution in [1.82, 2.24) is 0 Å². The minimum absolute atomic E-state index is 1.75. The van der Waals surface area contributed by atoms with Gasteiger partial charge in [0, 0.05) is 0 Å². The van der Waals surface area contributed by atoms with E-state index in [0.717, 1.165) is 0 Å². The van der Waals surface area contributed by atoms with E-state index in [1.165, 1.54) is 0 Å². The number of carbonyl (C=O) groups is 1. The van der Waals surface area contributed by atoms with Crippen LogP contribution in [0, 0.1) is 0 Å². The van der Waals surface area contributed by atoms with Crippen LogP contribution in [-0.2, 0) is 17.8 Å². The Morgan fingerprint density at radius 3 is 1.17 bits per heavy atom. The quantitative estimate of drug-likeness (QED) is 0.588. The summed E-state index contributed by atoms with van der Waals surface area (Å²) in [5, 5.41) is 0. The molecule has 0 atom stereocenters. The summed E-state index contributed by atoms with van der Waals surface area (Å²) in [6.07, 6.45) is 0. The van der Waals surface area contributed by atoms with Crippen molar-refractivity contribution in [2.45, 2.75) is 0 Å². The molecule has 0 bridgehead atoms. The van der Waals surface area contributed by atoms with Gasteiger partial charge in [0.05, 0.1) is 0 Å². The molecule has 0 radical (unpaired) electrons. The number of halogens is 3. The Kier molecular flexibility index (Phi) is 16.1. The molecule has 0 heterocycles. The fourth-order valence-electron chi connectivity index (χ4n) is 0. The third kappa shape index (κ3) is 66.1. The maximum absolute atomic E-state index is 8.00.